The average Bonchev–Trinajstić information content (AvgIpc) is 3.09. The predicted octanol–water partition coefficient (Wildman–Crippen LogP) is 3.14. The van der Waals surface area contributed by atoms with Gasteiger partial charge in [0.25, 0.3) is 0 Å². The Kier molecular flexibility index (Phi) is 5.74. The second kappa shape index (κ2) is 8.28. The van der Waals surface area contributed by atoms with Gasteiger partial charge in [-0.25, -0.2) is 13.1 Å². The Morgan fingerprint density at radius 3 is 2.76 bits per heavy atom. The number of carbonyl (C=O) groups excluding carboxylic acids is 1. The van der Waals surface area contributed by atoms with E-state index < -0.39 is 10.0 Å². The summed E-state index contributed by atoms with van der Waals surface area (Å²) in [5.74, 6) is 0.179. The molecule has 2 aliphatic heterocycles. The van der Waals surface area contributed by atoms with Crippen LogP contribution < -0.4 is 4.72 Å². The number of benzene rings is 2. The molecule has 29 heavy (non-hydrogen) atoms. The molecule has 2 heterocycles. The van der Waals surface area contributed by atoms with E-state index in [9.17, 15) is 13.2 Å². The number of hydrogen-bond acceptors (Lipinski definition) is 3. The fourth-order valence-electron chi connectivity index (χ4n) is 4.57. The van der Waals surface area contributed by atoms with Gasteiger partial charge in [-0.3, -0.25) is 4.79 Å². The standard InChI is InChI=1S/C23H28N2O3S/c1-2-29(27,28)24-21-13-14-25-22(21)16-17-7-5-10-19(15-17)20-11-4-3-8-18(20)9-6-12-23(25)26/h3-5,7-8,10-11,15,21-22,24H,2,6,9,12-14,16H2,1H3. The fraction of sp³-hybridized carbons (Fsp3) is 0.435. The number of hydrogen-bond donors (Lipinski definition) is 1. The summed E-state index contributed by atoms with van der Waals surface area (Å²) in [6.45, 7) is 2.25. The van der Waals surface area contributed by atoms with Gasteiger partial charge >= 0.3 is 0 Å². The molecule has 2 aromatic rings. The van der Waals surface area contributed by atoms with Gasteiger partial charge in [0.2, 0.25) is 15.9 Å². The first kappa shape index (κ1) is 20.1. The average molecular weight is 413 g/mol. The zero-order valence-corrected chi connectivity index (χ0v) is 17.6. The summed E-state index contributed by atoms with van der Waals surface area (Å²) in [7, 11) is -3.32. The van der Waals surface area contributed by atoms with Crippen molar-refractivity contribution in [2.24, 2.45) is 0 Å². The fourth-order valence-corrected chi connectivity index (χ4v) is 5.47. The van der Waals surface area contributed by atoms with Gasteiger partial charge in [0.1, 0.15) is 0 Å². The van der Waals surface area contributed by atoms with Crippen molar-refractivity contribution in [2.75, 3.05) is 12.3 Å². The van der Waals surface area contributed by atoms with Crippen LogP contribution in [0.5, 0.6) is 0 Å². The number of amides is 1. The van der Waals surface area contributed by atoms with Crippen molar-refractivity contribution in [1.29, 1.82) is 0 Å². The van der Waals surface area contributed by atoms with Crippen molar-refractivity contribution in [2.45, 2.75) is 51.1 Å². The molecule has 1 amide bonds. The smallest absolute Gasteiger partial charge is 0.222 e. The van der Waals surface area contributed by atoms with E-state index in [0.29, 0.717) is 25.8 Å². The lowest BCUT2D eigenvalue weighted by Gasteiger charge is -2.29. The molecular weight excluding hydrogens is 384 g/mol. The third kappa shape index (κ3) is 4.38. The summed E-state index contributed by atoms with van der Waals surface area (Å²) >= 11 is 0. The number of nitrogens with one attached hydrogen (secondary N) is 1. The summed E-state index contributed by atoms with van der Waals surface area (Å²) < 4.78 is 27.2. The van der Waals surface area contributed by atoms with Crippen LogP contribution in [-0.2, 0) is 27.7 Å². The topological polar surface area (TPSA) is 66.5 Å². The first-order valence-corrected chi connectivity index (χ1v) is 12.1. The number of sulfonamides is 1. The van der Waals surface area contributed by atoms with Crippen molar-refractivity contribution in [3.8, 4) is 11.1 Å². The molecule has 0 spiro atoms. The lowest BCUT2D eigenvalue weighted by atomic mass is 9.92. The van der Waals surface area contributed by atoms with Gasteiger partial charge < -0.3 is 4.90 Å². The first-order valence-electron chi connectivity index (χ1n) is 10.4. The van der Waals surface area contributed by atoms with Crippen LogP contribution in [-0.4, -0.2) is 43.6 Å². The molecule has 0 aliphatic carbocycles. The van der Waals surface area contributed by atoms with Gasteiger partial charge in [0.15, 0.2) is 0 Å². The zero-order chi connectivity index (χ0) is 20.4. The Morgan fingerprint density at radius 1 is 1.10 bits per heavy atom. The van der Waals surface area contributed by atoms with Gasteiger partial charge in [-0.2, -0.15) is 0 Å². The minimum atomic E-state index is -3.32. The Bertz CT molecular complexity index is 1000. The van der Waals surface area contributed by atoms with Crippen molar-refractivity contribution in [1.82, 2.24) is 9.62 Å². The van der Waals surface area contributed by atoms with Crippen LogP contribution in [0.3, 0.4) is 0 Å². The van der Waals surface area contributed by atoms with Crippen LogP contribution >= 0.6 is 0 Å². The van der Waals surface area contributed by atoms with Crippen molar-refractivity contribution in [3.63, 3.8) is 0 Å². The molecule has 6 heteroatoms. The van der Waals surface area contributed by atoms with E-state index in [1.54, 1.807) is 6.92 Å². The number of carbonyl (C=O) groups is 1. The van der Waals surface area contributed by atoms with Crippen LogP contribution in [0.2, 0.25) is 0 Å². The molecule has 0 saturated carbocycles. The number of nitrogens with zero attached hydrogens (tertiary/aromatic N) is 1. The summed E-state index contributed by atoms with van der Waals surface area (Å²) in [6.07, 6.45) is 3.46. The zero-order valence-electron chi connectivity index (χ0n) is 16.8. The third-order valence-corrected chi connectivity index (χ3v) is 7.54. The molecule has 2 bridgehead atoms. The van der Waals surface area contributed by atoms with Crippen LogP contribution in [0.25, 0.3) is 11.1 Å². The second-order valence-electron chi connectivity index (χ2n) is 7.99. The van der Waals surface area contributed by atoms with Gasteiger partial charge in [-0.15, -0.1) is 0 Å². The molecule has 2 aromatic carbocycles. The van der Waals surface area contributed by atoms with E-state index >= 15 is 0 Å². The van der Waals surface area contributed by atoms with Crippen LogP contribution in [0.15, 0.2) is 48.5 Å². The Morgan fingerprint density at radius 2 is 1.93 bits per heavy atom. The normalized spacial score (nSPS) is 22.4. The molecule has 0 aromatic heterocycles. The Labute approximate surface area is 173 Å². The molecule has 0 radical (unpaired) electrons. The van der Waals surface area contributed by atoms with E-state index in [4.69, 9.17) is 0 Å². The maximum absolute atomic E-state index is 13.0. The lowest BCUT2D eigenvalue weighted by molar-refractivity contribution is -0.132. The molecule has 5 nitrogen and oxygen atoms in total. The van der Waals surface area contributed by atoms with E-state index in [0.717, 1.165) is 18.4 Å². The monoisotopic (exact) mass is 412 g/mol. The molecule has 2 unspecified atom stereocenters. The molecular formula is C23H28N2O3S. The highest BCUT2D eigenvalue weighted by atomic mass is 32.2. The van der Waals surface area contributed by atoms with Gasteiger partial charge in [-0.05, 0) is 54.9 Å². The van der Waals surface area contributed by atoms with E-state index in [2.05, 4.69) is 53.3 Å². The van der Waals surface area contributed by atoms with Gasteiger partial charge in [-0.1, -0.05) is 48.5 Å². The van der Waals surface area contributed by atoms with Crippen LogP contribution in [0.1, 0.15) is 37.3 Å². The molecule has 2 atom stereocenters. The Balaban J connectivity index is 1.71. The molecule has 1 N–H and O–H groups in total. The predicted molar refractivity (Wildman–Crippen MR) is 115 cm³/mol. The second-order valence-corrected chi connectivity index (χ2v) is 10.0. The number of aryl methyl sites for hydroxylation is 1. The minimum absolute atomic E-state index is 0.0520. The third-order valence-electron chi connectivity index (χ3n) is 6.11. The van der Waals surface area contributed by atoms with Gasteiger partial charge in [0.05, 0.1) is 11.8 Å². The molecule has 1 fully saturated rings. The first-order chi connectivity index (χ1) is 14.0. The lowest BCUT2D eigenvalue weighted by Crippen LogP contribution is -2.48. The van der Waals surface area contributed by atoms with Crippen LogP contribution in [0, 0.1) is 0 Å². The maximum atomic E-state index is 13.0. The summed E-state index contributed by atoms with van der Waals surface area (Å²) in [6, 6.07) is 16.5. The molecule has 4 rings (SSSR count). The minimum Gasteiger partial charge on any atom is -0.338 e. The van der Waals surface area contributed by atoms with Crippen molar-refractivity contribution in [3.05, 3.63) is 59.7 Å². The largest absolute Gasteiger partial charge is 0.338 e. The van der Waals surface area contributed by atoms with Gasteiger partial charge in [0, 0.05) is 19.0 Å². The SMILES string of the molecule is CCS(=O)(=O)NC1CCN2C(=O)CCCc3ccccc3-c3cccc(c3)CC12. The molecule has 2 aliphatic rings. The summed E-state index contributed by atoms with van der Waals surface area (Å²) in [5.41, 5.74) is 4.79. The molecule has 1 saturated heterocycles. The number of rotatable bonds is 3. The summed E-state index contributed by atoms with van der Waals surface area (Å²) in [4.78, 5) is 14.9. The quantitative estimate of drug-likeness (QED) is 0.842. The van der Waals surface area contributed by atoms with E-state index in [1.165, 1.54) is 16.7 Å². The Hall–Kier alpha value is -2.18. The molecule has 154 valence electrons. The highest BCUT2D eigenvalue weighted by molar-refractivity contribution is 7.89. The van der Waals surface area contributed by atoms with E-state index in [1.807, 2.05) is 4.90 Å². The number of fused-ring (bicyclic) bond motifs is 5. The van der Waals surface area contributed by atoms with Crippen LogP contribution in [0.4, 0.5) is 0 Å². The van der Waals surface area contributed by atoms with E-state index in [-0.39, 0.29) is 23.7 Å². The maximum Gasteiger partial charge on any atom is 0.222 e. The highest BCUT2D eigenvalue weighted by Gasteiger charge is 2.38. The van der Waals surface area contributed by atoms with Crippen molar-refractivity contribution >= 4 is 15.9 Å². The summed E-state index contributed by atoms with van der Waals surface area (Å²) in [5, 5.41) is 0. The highest BCUT2D eigenvalue weighted by Crippen LogP contribution is 2.30. The van der Waals surface area contributed by atoms with Crippen molar-refractivity contribution < 1.29 is 13.2 Å².